The van der Waals surface area contributed by atoms with Gasteiger partial charge in [-0.15, -0.1) is 11.3 Å². The number of nitrogens with one attached hydrogen (secondary N) is 2. The van der Waals surface area contributed by atoms with Crippen LogP contribution in [0.4, 0.5) is 0 Å². The molecule has 0 fully saturated rings. The van der Waals surface area contributed by atoms with E-state index in [4.69, 9.17) is 23.2 Å². The molecule has 3 nitrogen and oxygen atoms in total. The topological polar surface area (TPSA) is 41.1 Å². The number of thiophene rings is 1. The molecule has 2 N–H and O–H groups in total. The van der Waals surface area contributed by atoms with Crippen molar-refractivity contribution in [1.29, 1.82) is 0 Å². The summed E-state index contributed by atoms with van der Waals surface area (Å²) in [7, 11) is 0. The molecule has 0 saturated carbocycles. The lowest BCUT2D eigenvalue weighted by Crippen LogP contribution is -2.49. The van der Waals surface area contributed by atoms with Gasteiger partial charge in [-0.1, -0.05) is 23.2 Å². The third-order valence-corrected chi connectivity index (χ3v) is 4.06. The monoisotopic (exact) mass is 322 g/mol. The maximum atomic E-state index is 12.0. The van der Waals surface area contributed by atoms with E-state index in [-0.39, 0.29) is 23.5 Å². The zero-order valence-corrected chi connectivity index (χ0v) is 14.1. The van der Waals surface area contributed by atoms with Gasteiger partial charge in [0.15, 0.2) is 0 Å². The number of hydrogen-bond donors (Lipinski definition) is 2. The Morgan fingerprint density at radius 1 is 1.32 bits per heavy atom. The molecular formula is C13H20Cl2N2OS. The minimum atomic E-state index is -0.302. The molecule has 1 aromatic rings. The molecule has 6 heteroatoms. The van der Waals surface area contributed by atoms with Crippen molar-refractivity contribution in [3.05, 3.63) is 20.3 Å². The molecular weight excluding hydrogens is 303 g/mol. The standard InChI is InChI=1S/C13H20Cl2N2OS/c1-7(9-6-10(14)19-11(9)15)16-8(2)12(18)17-13(3,4)5/h6-8,16H,1-5H3,(H,17,18). The van der Waals surface area contributed by atoms with Gasteiger partial charge in [0.25, 0.3) is 0 Å². The van der Waals surface area contributed by atoms with Crippen LogP contribution < -0.4 is 10.6 Å². The van der Waals surface area contributed by atoms with Gasteiger partial charge in [0, 0.05) is 11.6 Å². The second-order valence-electron chi connectivity index (χ2n) is 5.63. The highest BCUT2D eigenvalue weighted by Crippen LogP contribution is 2.34. The van der Waals surface area contributed by atoms with Crippen molar-refractivity contribution in [3.63, 3.8) is 0 Å². The molecule has 0 aliphatic carbocycles. The minimum Gasteiger partial charge on any atom is -0.350 e. The van der Waals surface area contributed by atoms with Crippen LogP contribution in [0.3, 0.4) is 0 Å². The Kier molecular flexibility index (Phi) is 5.68. The molecule has 19 heavy (non-hydrogen) atoms. The molecule has 1 amide bonds. The molecule has 1 aromatic heterocycles. The van der Waals surface area contributed by atoms with Crippen molar-refractivity contribution in [1.82, 2.24) is 10.6 Å². The summed E-state index contributed by atoms with van der Waals surface area (Å²) in [5, 5.41) is 6.16. The third kappa shape index (κ3) is 5.30. The number of hydrogen-bond acceptors (Lipinski definition) is 3. The average Bonchev–Trinajstić information content (AvgIpc) is 2.55. The predicted octanol–water partition coefficient (Wildman–Crippen LogP) is 4.01. The molecule has 0 aliphatic rings. The zero-order chi connectivity index (χ0) is 14.8. The molecule has 0 bridgehead atoms. The van der Waals surface area contributed by atoms with Gasteiger partial charge in [0.2, 0.25) is 5.91 Å². The van der Waals surface area contributed by atoms with Crippen LogP contribution in [0, 0.1) is 0 Å². The first kappa shape index (κ1) is 16.8. The number of carbonyl (C=O) groups excluding carboxylic acids is 1. The SMILES string of the molecule is CC(NC(C)c1cc(Cl)sc1Cl)C(=O)NC(C)(C)C. The third-order valence-electron chi connectivity index (χ3n) is 2.54. The van der Waals surface area contributed by atoms with Crippen LogP contribution >= 0.6 is 34.5 Å². The van der Waals surface area contributed by atoms with Gasteiger partial charge in [-0.25, -0.2) is 0 Å². The van der Waals surface area contributed by atoms with Crippen LogP contribution in [0.15, 0.2) is 6.07 Å². The Morgan fingerprint density at radius 2 is 1.89 bits per heavy atom. The fourth-order valence-corrected chi connectivity index (χ4v) is 3.31. The highest BCUT2D eigenvalue weighted by Gasteiger charge is 2.22. The maximum Gasteiger partial charge on any atom is 0.237 e. The highest BCUT2D eigenvalue weighted by atomic mass is 35.5. The largest absolute Gasteiger partial charge is 0.350 e. The molecule has 2 unspecified atom stereocenters. The van der Waals surface area contributed by atoms with Gasteiger partial charge in [-0.3, -0.25) is 10.1 Å². The molecule has 0 aromatic carbocycles. The summed E-state index contributed by atoms with van der Waals surface area (Å²) in [5.41, 5.74) is 0.687. The average molecular weight is 323 g/mol. The van der Waals surface area contributed by atoms with E-state index in [1.54, 1.807) is 0 Å². The van der Waals surface area contributed by atoms with Crippen molar-refractivity contribution in [3.8, 4) is 0 Å². The van der Waals surface area contributed by atoms with E-state index in [1.807, 2.05) is 40.7 Å². The van der Waals surface area contributed by atoms with Crippen molar-refractivity contribution in [2.75, 3.05) is 0 Å². The van der Waals surface area contributed by atoms with E-state index in [9.17, 15) is 4.79 Å². The minimum absolute atomic E-state index is 0.0306. The number of carbonyl (C=O) groups is 1. The molecule has 108 valence electrons. The van der Waals surface area contributed by atoms with Gasteiger partial charge in [-0.2, -0.15) is 0 Å². The van der Waals surface area contributed by atoms with E-state index in [0.717, 1.165) is 5.56 Å². The molecule has 1 heterocycles. The number of halogens is 2. The van der Waals surface area contributed by atoms with Gasteiger partial charge < -0.3 is 5.32 Å². The zero-order valence-electron chi connectivity index (χ0n) is 11.8. The second kappa shape index (κ2) is 6.44. The van der Waals surface area contributed by atoms with Gasteiger partial charge in [0.05, 0.1) is 14.7 Å². The predicted molar refractivity (Wildman–Crippen MR) is 83.2 cm³/mol. The molecule has 2 atom stereocenters. The Balaban J connectivity index is 2.64. The van der Waals surface area contributed by atoms with Crippen molar-refractivity contribution >= 4 is 40.4 Å². The van der Waals surface area contributed by atoms with E-state index < -0.39 is 0 Å². The fourth-order valence-electron chi connectivity index (χ4n) is 1.67. The summed E-state index contributed by atoms with van der Waals surface area (Å²) < 4.78 is 1.31. The summed E-state index contributed by atoms with van der Waals surface area (Å²) in [6, 6.07) is 1.50. The highest BCUT2D eigenvalue weighted by molar-refractivity contribution is 7.20. The molecule has 1 rings (SSSR count). The quantitative estimate of drug-likeness (QED) is 0.879. The first-order valence-electron chi connectivity index (χ1n) is 6.13. The van der Waals surface area contributed by atoms with E-state index in [2.05, 4.69) is 10.6 Å². The molecule has 0 aliphatic heterocycles. The fraction of sp³-hybridized carbons (Fsp3) is 0.615. The van der Waals surface area contributed by atoms with Gasteiger partial charge in [-0.05, 0) is 46.2 Å². The summed E-state index contributed by atoms with van der Waals surface area (Å²) in [6.45, 7) is 9.66. The van der Waals surface area contributed by atoms with E-state index in [1.165, 1.54) is 11.3 Å². The first-order chi connectivity index (χ1) is 8.60. The lowest BCUT2D eigenvalue weighted by Gasteiger charge is -2.25. The normalized spacial score (nSPS) is 15.1. The summed E-state index contributed by atoms with van der Waals surface area (Å²) in [5.74, 6) is -0.0307. The summed E-state index contributed by atoms with van der Waals surface area (Å²) in [4.78, 5) is 12.0. The number of amides is 1. The maximum absolute atomic E-state index is 12.0. The van der Waals surface area contributed by atoms with Crippen LogP contribution in [0.5, 0.6) is 0 Å². The van der Waals surface area contributed by atoms with Gasteiger partial charge >= 0.3 is 0 Å². The molecule has 0 spiro atoms. The van der Waals surface area contributed by atoms with Crippen LogP contribution in [-0.2, 0) is 4.79 Å². The molecule has 0 radical (unpaired) electrons. The van der Waals surface area contributed by atoms with E-state index in [0.29, 0.717) is 8.67 Å². The van der Waals surface area contributed by atoms with E-state index >= 15 is 0 Å². The Hall–Kier alpha value is -0.290. The summed E-state index contributed by atoms with van der Waals surface area (Å²) >= 11 is 13.4. The lowest BCUT2D eigenvalue weighted by atomic mass is 10.1. The number of rotatable bonds is 4. The Labute approximate surface area is 128 Å². The second-order valence-corrected chi connectivity index (χ2v) is 7.91. The Morgan fingerprint density at radius 3 is 2.32 bits per heavy atom. The first-order valence-corrected chi connectivity index (χ1v) is 7.70. The molecule has 0 saturated heterocycles. The van der Waals surface area contributed by atoms with Crippen LogP contribution in [-0.4, -0.2) is 17.5 Å². The Bertz CT molecular complexity index is 454. The van der Waals surface area contributed by atoms with Crippen LogP contribution in [0.2, 0.25) is 8.67 Å². The summed E-state index contributed by atoms with van der Waals surface area (Å²) in [6.07, 6.45) is 0. The van der Waals surface area contributed by atoms with Crippen molar-refractivity contribution in [2.24, 2.45) is 0 Å². The van der Waals surface area contributed by atoms with Crippen LogP contribution in [0.25, 0.3) is 0 Å². The van der Waals surface area contributed by atoms with Gasteiger partial charge in [0.1, 0.15) is 0 Å². The van der Waals surface area contributed by atoms with Crippen LogP contribution in [0.1, 0.15) is 46.2 Å². The van der Waals surface area contributed by atoms with Crippen molar-refractivity contribution in [2.45, 2.75) is 52.2 Å². The smallest absolute Gasteiger partial charge is 0.237 e. The lowest BCUT2D eigenvalue weighted by molar-refractivity contribution is -0.124. The van der Waals surface area contributed by atoms with Crippen molar-refractivity contribution < 1.29 is 4.79 Å².